The highest BCUT2D eigenvalue weighted by molar-refractivity contribution is 7.89. The van der Waals surface area contributed by atoms with Gasteiger partial charge in [0.2, 0.25) is 15.9 Å². The third kappa shape index (κ3) is 4.29. The van der Waals surface area contributed by atoms with Crippen LogP contribution in [-0.2, 0) is 19.6 Å². The molecule has 2 aliphatic rings. The van der Waals surface area contributed by atoms with Gasteiger partial charge in [0.25, 0.3) is 5.69 Å². The molecule has 2 fully saturated rings. The summed E-state index contributed by atoms with van der Waals surface area (Å²) in [6.07, 6.45) is 1.56. The number of sulfonamides is 1. The van der Waals surface area contributed by atoms with E-state index in [1.54, 1.807) is 4.90 Å². The number of carbonyl (C=O) groups excluding carboxylic acids is 1. The smallest absolute Gasteiger partial charge is 0.293 e. The first kappa shape index (κ1) is 18.5. The Morgan fingerprint density at radius 2 is 2.15 bits per heavy atom. The Kier molecular flexibility index (Phi) is 5.12. The molecule has 0 bridgehead atoms. The third-order valence-corrected chi connectivity index (χ3v) is 5.30. The Morgan fingerprint density at radius 1 is 1.42 bits per heavy atom. The maximum Gasteiger partial charge on any atom is 0.293 e. The Morgan fingerprint density at radius 3 is 2.77 bits per heavy atom. The molecule has 26 heavy (non-hydrogen) atoms. The van der Waals surface area contributed by atoms with Crippen LogP contribution in [0, 0.1) is 16.0 Å². The summed E-state index contributed by atoms with van der Waals surface area (Å²) in [4.78, 5) is 24.1. The maximum atomic E-state index is 12.1. The number of carbonyl (C=O) groups is 1. The molecular weight excluding hydrogens is 364 g/mol. The number of nitro benzene ring substituents is 1. The highest BCUT2D eigenvalue weighted by Crippen LogP contribution is 2.31. The second kappa shape index (κ2) is 7.17. The zero-order valence-electron chi connectivity index (χ0n) is 14.0. The van der Waals surface area contributed by atoms with Crippen LogP contribution in [0.15, 0.2) is 23.1 Å². The van der Waals surface area contributed by atoms with E-state index in [2.05, 4.69) is 5.32 Å². The molecule has 1 heterocycles. The number of nitrogens with two attached hydrogens (primary N) is 1. The number of anilines is 1. The highest BCUT2D eigenvalue weighted by atomic mass is 32.2. The number of nitrogens with zero attached hydrogens (tertiary/aromatic N) is 2. The first-order valence-corrected chi connectivity index (χ1v) is 9.76. The number of nitro groups is 1. The molecule has 1 saturated heterocycles. The van der Waals surface area contributed by atoms with E-state index in [4.69, 9.17) is 9.88 Å². The molecule has 0 aromatic heterocycles. The summed E-state index contributed by atoms with van der Waals surface area (Å²) in [6.45, 7) is 1.64. The average Bonchev–Trinajstić information content (AvgIpc) is 3.43. The van der Waals surface area contributed by atoms with Gasteiger partial charge in [0, 0.05) is 31.6 Å². The van der Waals surface area contributed by atoms with Crippen LogP contribution < -0.4 is 10.5 Å². The van der Waals surface area contributed by atoms with Gasteiger partial charge in [-0.25, -0.2) is 13.6 Å². The molecule has 11 heteroatoms. The number of primary sulfonamides is 1. The van der Waals surface area contributed by atoms with Crippen molar-refractivity contribution in [1.29, 1.82) is 0 Å². The molecule has 1 amide bonds. The van der Waals surface area contributed by atoms with Crippen molar-refractivity contribution in [1.82, 2.24) is 4.90 Å². The van der Waals surface area contributed by atoms with Crippen molar-refractivity contribution < 1.29 is 22.9 Å². The first-order valence-electron chi connectivity index (χ1n) is 8.21. The molecule has 1 aromatic carbocycles. The average molecular weight is 384 g/mol. The predicted octanol–water partition coefficient (Wildman–Crippen LogP) is 0.291. The van der Waals surface area contributed by atoms with Gasteiger partial charge in [0.05, 0.1) is 22.5 Å². The number of amides is 1. The lowest BCUT2D eigenvalue weighted by atomic mass is 10.2. The number of hydrogen-bond donors (Lipinski definition) is 2. The van der Waals surface area contributed by atoms with Gasteiger partial charge in [-0.3, -0.25) is 14.9 Å². The minimum absolute atomic E-state index is 0.133. The fourth-order valence-electron chi connectivity index (χ4n) is 2.84. The fraction of sp³-hybridized carbons (Fsp3) is 0.533. The van der Waals surface area contributed by atoms with Gasteiger partial charge < -0.3 is 15.0 Å². The van der Waals surface area contributed by atoms with Crippen LogP contribution in [0.3, 0.4) is 0 Å². The van der Waals surface area contributed by atoms with E-state index in [-0.39, 0.29) is 35.1 Å². The Labute approximate surface area is 150 Å². The van der Waals surface area contributed by atoms with Crippen molar-refractivity contribution >= 4 is 27.3 Å². The van der Waals surface area contributed by atoms with Crippen molar-refractivity contribution in [2.24, 2.45) is 11.1 Å². The topological polar surface area (TPSA) is 145 Å². The molecule has 3 N–H and O–H groups in total. The molecule has 1 atom stereocenters. The van der Waals surface area contributed by atoms with E-state index >= 15 is 0 Å². The third-order valence-electron chi connectivity index (χ3n) is 4.39. The monoisotopic (exact) mass is 384 g/mol. The molecular formula is C15H20N4O6S. The Balaban J connectivity index is 1.67. The lowest BCUT2D eigenvalue weighted by molar-refractivity contribution is -0.384. The van der Waals surface area contributed by atoms with Crippen LogP contribution >= 0.6 is 0 Å². The zero-order chi connectivity index (χ0) is 18.9. The van der Waals surface area contributed by atoms with Crippen LogP contribution in [0.5, 0.6) is 0 Å². The molecule has 0 radical (unpaired) electrons. The lowest BCUT2D eigenvalue weighted by Gasteiger charge is -2.33. The number of ether oxygens (including phenoxy) is 1. The van der Waals surface area contributed by atoms with Gasteiger partial charge in [0.15, 0.2) is 0 Å². The number of hydrogen-bond acceptors (Lipinski definition) is 7. The molecule has 1 unspecified atom stereocenters. The molecule has 10 nitrogen and oxygen atoms in total. The van der Waals surface area contributed by atoms with Crippen molar-refractivity contribution in [3.05, 3.63) is 28.3 Å². The fourth-order valence-corrected chi connectivity index (χ4v) is 3.38. The van der Waals surface area contributed by atoms with Gasteiger partial charge >= 0.3 is 0 Å². The largest absolute Gasteiger partial charge is 0.377 e. The second-order valence-corrected chi connectivity index (χ2v) is 7.97. The maximum absolute atomic E-state index is 12.1. The number of rotatable bonds is 6. The summed E-state index contributed by atoms with van der Waals surface area (Å²) in [5, 5.41) is 19.1. The van der Waals surface area contributed by atoms with Crippen molar-refractivity contribution in [3.63, 3.8) is 0 Å². The second-order valence-electron chi connectivity index (χ2n) is 6.41. The van der Waals surface area contributed by atoms with E-state index in [0.29, 0.717) is 19.7 Å². The van der Waals surface area contributed by atoms with E-state index in [1.165, 1.54) is 12.1 Å². The molecule has 0 spiro atoms. The predicted molar refractivity (Wildman–Crippen MR) is 92.0 cm³/mol. The molecule has 1 aliphatic heterocycles. The zero-order valence-corrected chi connectivity index (χ0v) is 14.8. The summed E-state index contributed by atoms with van der Waals surface area (Å²) >= 11 is 0. The van der Waals surface area contributed by atoms with E-state index in [9.17, 15) is 23.3 Å². The van der Waals surface area contributed by atoms with Crippen molar-refractivity contribution in [2.45, 2.75) is 23.8 Å². The summed E-state index contributed by atoms with van der Waals surface area (Å²) in [5.41, 5.74) is -0.227. The number of nitrogens with one attached hydrogen (secondary N) is 1. The Hall–Kier alpha value is -2.24. The summed E-state index contributed by atoms with van der Waals surface area (Å²) in [5.74, 6) is 0.273. The molecule has 3 rings (SSSR count). The van der Waals surface area contributed by atoms with Gasteiger partial charge in [-0.15, -0.1) is 0 Å². The molecule has 1 saturated carbocycles. The van der Waals surface area contributed by atoms with Crippen LogP contribution in [0.1, 0.15) is 12.8 Å². The first-order chi connectivity index (χ1) is 12.3. The van der Waals surface area contributed by atoms with Gasteiger partial charge in [-0.05, 0) is 25.0 Å². The highest BCUT2D eigenvalue weighted by Gasteiger charge is 2.35. The number of benzene rings is 1. The Bertz CT molecular complexity index is 823. The van der Waals surface area contributed by atoms with E-state index in [1.807, 2.05) is 0 Å². The van der Waals surface area contributed by atoms with Crippen molar-refractivity contribution in [3.8, 4) is 0 Å². The lowest BCUT2D eigenvalue weighted by Crippen LogP contribution is -2.48. The molecule has 142 valence electrons. The molecule has 1 aliphatic carbocycles. The van der Waals surface area contributed by atoms with Crippen LogP contribution in [0.25, 0.3) is 0 Å². The number of morpholine rings is 1. The summed E-state index contributed by atoms with van der Waals surface area (Å²) in [6, 6.07) is 3.42. The standard InChI is InChI=1S/C15H20N4O6S/c16-26(23,24)12-3-4-13(14(7-12)19(21)22)17-8-11-9-18(5-6-25-11)15(20)10-1-2-10/h3-4,7,10-11,17H,1-2,5-6,8-9H2,(H2,16,23,24). The van der Waals surface area contributed by atoms with Crippen LogP contribution in [0.2, 0.25) is 0 Å². The minimum atomic E-state index is -4.03. The van der Waals surface area contributed by atoms with Gasteiger partial charge in [0.1, 0.15) is 5.69 Å². The summed E-state index contributed by atoms with van der Waals surface area (Å²) in [7, 11) is -4.03. The molecule has 1 aromatic rings. The van der Waals surface area contributed by atoms with Gasteiger partial charge in [-0.2, -0.15) is 0 Å². The van der Waals surface area contributed by atoms with Gasteiger partial charge in [-0.1, -0.05) is 0 Å². The van der Waals surface area contributed by atoms with Crippen LogP contribution in [0.4, 0.5) is 11.4 Å². The quantitative estimate of drug-likeness (QED) is 0.529. The van der Waals surface area contributed by atoms with Crippen LogP contribution in [-0.4, -0.2) is 56.5 Å². The van der Waals surface area contributed by atoms with E-state index in [0.717, 1.165) is 18.9 Å². The normalized spacial score (nSPS) is 20.7. The SMILES string of the molecule is NS(=O)(=O)c1ccc(NCC2CN(C(=O)C3CC3)CCO2)c([N+](=O)[O-])c1. The minimum Gasteiger partial charge on any atom is -0.377 e. The van der Waals surface area contributed by atoms with Crippen molar-refractivity contribution in [2.75, 3.05) is 31.6 Å². The summed E-state index contributed by atoms with van der Waals surface area (Å²) < 4.78 is 28.3. The van der Waals surface area contributed by atoms with E-state index < -0.39 is 20.6 Å².